The number of amides is 1. The fourth-order valence-electron chi connectivity index (χ4n) is 4.92. The van der Waals surface area contributed by atoms with Gasteiger partial charge in [-0.2, -0.15) is 5.10 Å². The van der Waals surface area contributed by atoms with Crippen LogP contribution in [0.4, 0.5) is 21.8 Å². The quantitative estimate of drug-likeness (QED) is 0.579. The van der Waals surface area contributed by atoms with E-state index in [1.54, 1.807) is 11.1 Å². The van der Waals surface area contributed by atoms with Crippen LogP contribution in [0, 0.1) is 6.92 Å². The van der Waals surface area contributed by atoms with E-state index in [1.165, 1.54) is 6.92 Å². The molecule has 3 aromatic rings. The molecule has 2 aliphatic heterocycles. The molecule has 0 spiro atoms. The van der Waals surface area contributed by atoms with E-state index in [9.17, 15) is 9.18 Å². The van der Waals surface area contributed by atoms with Crippen LogP contribution in [-0.4, -0.2) is 55.3 Å². The first kappa shape index (κ1) is 19.7. The van der Waals surface area contributed by atoms with Gasteiger partial charge in [-0.15, -0.1) is 0 Å². The van der Waals surface area contributed by atoms with E-state index in [1.807, 2.05) is 31.2 Å². The lowest BCUT2D eigenvalue weighted by molar-refractivity contribution is -0.140. The molecule has 2 bridgehead atoms. The first-order chi connectivity index (χ1) is 15.0. The molecule has 5 rings (SSSR count). The van der Waals surface area contributed by atoms with Gasteiger partial charge in [0, 0.05) is 47.5 Å². The normalized spacial score (nSPS) is 23.7. The lowest BCUT2D eigenvalue weighted by Gasteiger charge is -2.39. The molecule has 2 fully saturated rings. The van der Waals surface area contributed by atoms with E-state index in [0.717, 1.165) is 48.1 Å². The minimum Gasteiger partial charge on any atom is -0.367 e. The average molecular weight is 423 g/mol. The van der Waals surface area contributed by atoms with Crippen LogP contribution in [0.5, 0.6) is 0 Å². The second-order valence-corrected chi connectivity index (χ2v) is 8.55. The molecule has 0 saturated carbocycles. The standard InChI is InChI=1S/C22H26FN7O/c1-12-8-20(29-28-12)26-19-11-18-17(4-3-7-24-18)21(27-19)25-14-9-15-5-6-16(10-14)30(15)22(31)13(2)23/h3-4,7-8,11,13-16H,5-6,9-10H2,1-2H3,(H3,25,26,27,28,29)/t13?,14?,15-,16+. The highest BCUT2D eigenvalue weighted by Gasteiger charge is 2.44. The number of aryl methyl sites for hydroxylation is 1. The third kappa shape index (κ3) is 3.80. The summed E-state index contributed by atoms with van der Waals surface area (Å²) in [5.41, 5.74) is 1.79. The van der Waals surface area contributed by atoms with Crippen molar-refractivity contribution in [3.63, 3.8) is 0 Å². The zero-order valence-electron chi connectivity index (χ0n) is 17.6. The molecule has 4 atom stereocenters. The predicted molar refractivity (Wildman–Crippen MR) is 117 cm³/mol. The summed E-state index contributed by atoms with van der Waals surface area (Å²) in [5.74, 6) is 1.72. The number of pyridine rings is 2. The average Bonchev–Trinajstić information content (AvgIpc) is 3.27. The van der Waals surface area contributed by atoms with E-state index >= 15 is 0 Å². The molecule has 31 heavy (non-hydrogen) atoms. The Morgan fingerprint density at radius 2 is 2.03 bits per heavy atom. The van der Waals surface area contributed by atoms with Crippen molar-refractivity contribution in [2.75, 3.05) is 10.6 Å². The van der Waals surface area contributed by atoms with Crippen molar-refractivity contribution in [2.24, 2.45) is 0 Å². The zero-order chi connectivity index (χ0) is 21.5. The molecule has 2 aliphatic rings. The molecule has 0 aliphatic carbocycles. The topological polar surface area (TPSA) is 98.8 Å². The number of aromatic nitrogens is 4. The number of nitrogens with zero attached hydrogens (tertiary/aromatic N) is 4. The SMILES string of the molecule is Cc1cc(Nc2cc3ncccc3c(NC3C[C@H]4CC[C@@H](C3)N4C(=O)C(C)F)n2)n[nH]1. The van der Waals surface area contributed by atoms with Gasteiger partial charge in [0.2, 0.25) is 0 Å². The van der Waals surface area contributed by atoms with Crippen molar-refractivity contribution in [1.29, 1.82) is 0 Å². The Kier molecular flexibility index (Phi) is 4.95. The highest BCUT2D eigenvalue weighted by molar-refractivity contribution is 5.91. The maximum atomic E-state index is 13.7. The highest BCUT2D eigenvalue weighted by atomic mass is 19.1. The van der Waals surface area contributed by atoms with Gasteiger partial charge in [-0.25, -0.2) is 9.37 Å². The third-order valence-electron chi connectivity index (χ3n) is 6.23. The maximum Gasteiger partial charge on any atom is 0.257 e. The van der Waals surface area contributed by atoms with Crippen LogP contribution in [0.2, 0.25) is 0 Å². The number of carbonyl (C=O) groups excluding carboxylic acids is 1. The summed E-state index contributed by atoms with van der Waals surface area (Å²) in [6.07, 6.45) is 3.74. The Balaban J connectivity index is 1.39. The van der Waals surface area contributed by atoms with Gasteiger partial charge >= 0.3 is 0 Å². The van der Waals surface area contributed by atoms with Gasteiger partial charge in [-0.1, -0.05) is 0 Å². The number of halogens is 1. The molecule has 1 amide bonds. The van der Waals surface area contributed by atoms with Gasteiger partial charge in [-0.3, -0.25) is 14.9 Å². The van der Waals surface area contributed by atoms with Crippen molar-refractivity contribution in [1.82, 2.24) is 25.1 Å². The number of nitrogens with one attached hydrogen (secondary N) is 3. The number of rotatable bonds is 5. The summed E-state index contributed by atoms with van der Waals surface area (Å²) < 4.78 is 13.7. The van der Waals surface area contributed by atoms with Crippen LogP contribution in [-0.2, 0) is 4.79 Å². The van der Waals surface area contributed by atoms with E-state index < -0.39 is 6.17 Å². The summed E-state index contributed by atoms with van der Waals surface area (Å²) in [6.45, 7) is 3.27. The number of hydrogen-bond donors (Lipinski definition) is 3. The molecule has 8 nitrogen and oxygen atoms in total. The molecule has 5 heterocycles. The molecule has 0 aromatic carbocycles. The van der Waals surface area contributed by atoms with Gasteiger partial charge in [0.1, 0.15) is 11.6 Å². The predicted octanol–water partition coefficient (Wildman–Crippen LogP) is 3.70. The number of H-pyrrole nitrogens is 1. The number of anilines is 3. The summed E-state index contributed by atoms with van der Waals surface area (Å²) >= 11 is 0. The molecule has 162 valence electrons. The van der Waals surface area contributed by atoms with Crippen LogP contribution in [0.25, 0.3) is 10.9 Å². The lowest BCUT2D eigenvalue weighted by Crippen LogP contribution is -2.51. The van der Waals surface area contributed by atoms with Crippen LogP contribution < -0.4 is 10.6 Å². The molecule has 2 unspecified atom stereocenters. The molecule has 0 radical (unpaired) electrons. The van der Waals surface area contributed by atoms with Crippen molar-refractivity contribution in [3.8, 4) is 0 Å². The van der Waals surface area contributed by atoms with Crippen molar-refractivity contribution in [2.45, 2.75) is 63.8 Å². The lowest BCUT2D eigenvalue weighted by atomic mass is 9.96. The molecule has 3 N–H and O–H groups in total. The number of carbonyl (C=O) groups is 1. The monoisotopic (exact) mass is 423 g/mol. The van der Waals surface area contributed by atoms with Crippen molar-refractivity contribution < 1.29 is 9.18 Å². The summed E-state index contributed by atoms with van der Waals surface area (Å²) in [4.78, 5) is 23.4. The van der Waals surface area contributed by atoms with Crippen molar-refractivity contribution in [3.05, 3.63) is 36.2 Å². The van der Waals surface area contributed by atoms with Gasteiger partial charge < -0.3 is 15.5 Å². The Morgan fingerprint density at radius 1 is 1.26 bits per heavy atom. The largest absolute Gasteiger partial charge is 0.367 e. The fourth-order valence-corrected chi connectivity index (χ4v) is 4.92. The Morgan fingerprint density at radius 3 is 2.71 bits per heavy atom. The molecular weight excluding hydrogens is 397 g/mol. The summed E-state index contributed by atoms with van der Waals surface area (Å²) in [7, 11) is 0. The van der Waals surface area contributed by atoms with Gasteiger partial charge in [0.05, 0.1) is 5.52 Å². The van der Waals surface area contributed by atoms with Crippen LogP contribution >= 0.6 is 0 Å². The zero-order valence-corrected chi connectivity index (χ0v) is 17.6. The first-order valence-electron chi connectivity index (χ1n) is 10.8. The first-order valence-corrected chi connectivity index (χ1v) is 10.8. The number of hydrogen-bond acceptors (Lipinski definition) is 6. The summed E-state index contributed by atoms with van der Waals surface area (Å²) in [6, 6.07) is 8.03. The maximum absolute atomic E-state index is 13.7. The summed E-state index contributed by atoms with van der Waals surface area (Å²) in [5, 5.41) is 14.9. The second-order valence-electron chi connectivity index (χ2n) is 8.55. The van der Waals surface area contributed by atoms with Crippen LogP contribution in [0.3, 0.4) is 0 Å². The Bertz CT molecular complexity index is 1100. The van der Waals surface area contributed by atoms with Crippen LogP contribution in [0.1, 0.15) is 38.3 Å². The van der Waals surface area contributed by atoms with E-state index in [4.69, 9.17) is 4.98 Å². The number of fused-ring (bicyclic) bond motifs is 3. The van der Waals surface area contributed by atoms with E-state index in [0.29, 0.717) is 11.6 Å². The number of piperidine rings is 1. The highest BCUT2D eigenvalue weighted by Crippen LogP contribution is 2.38. The van der Waals surface area contributed by atoms with Gasteiger partial charge in [-0.05, 0) is 51.7 Å². The van der Waals surface area contributed by atoms with E-state index in [-0.39, 0.29) is 24.0 Å². The second kappa shape index (κ2) is 7.79. The van der Waals surface area contributed by atoms with Crippen molar-refractivity contribution >= 4 is 34.3 Å². The number of aromatic amines is 1. The Hall–Kier alpha value is -3.23. The fraction of sp³-hybridized carbons (Fsp3) is 0.455. The molecule has 9 heteroatoms. The van der Waals surface area contributed by atoms with Crippen LogP contribution in [0.15, 0.2) is 30.5 Å². The molecule has 3 aromatic heterocycles. The molecular formula is C22H26FN7O. The third-order valence-corrected chi connectivity index (χ3v) is 6.23. The van der Waals surface area contributed by atoms with E-state index in [2.05, 4.69) is 25.8 Å². The smallest absolute Gasteiger partial charge is 0.257 e. The molecule has 2 saturated heterocycles. The number of alkyl halides is 1. The van der Waals surface area contributed by atoms with Gasteiger partial charge in [0.15, 0.2) is 12.0 Å². The minimum absolute atomic E-state index is 0.0830. The van der Waals surface area contributed by atoms with Gasteiger partial charge in [0.25, 0.3) is 5.91 Å². The Labute approximate surface area is 179 Å². The minimum atomic E-state index is -1.45.